The van der Waals surface area contributed by atoms with Crippen LogP contribution in [0.3, 0.4) is 0 Å². The highest BCUT2D eigenvalue weighted by molar-refractivity contribution is 5.29. The maximum atomic E-state index is 8.81. The van der Waals surface area contributed by atoms with Crippen LogP contribution in [0, 0.1) is 11.3 Å². The lowest BCUT2D eigenvalue weighted by Crippen LogP contribution is -2.26. The van der Waals surface area contributed by atoms with Crippen LogP contribution in [0.1, 0.15) is 47.5 Å². The first kappa shape index (κ1) is 17.7. The van der Waals surface area contributed by atoms with Gasteiger partial charge < -0.3 is 5.11 Å². The summed E-state index contributed by atoms with van der Waals surface area (Å²) in [6, 6.07) is 0. The van der Waals surface area contributed by atoms with Crippen LogP contribution >= 0.6 is 0 Å². The molecule has 0 fully saturated rings. The van der Waals surface area contributed by atoms with Crippen LogP contribution in [-0.2, 0) is 0 Å². The van der Waals surface area contributed by atoms with E-state index in [1.807, 2.05) is 19.1 Å². The van der Waals surface area contributed by atoms with Crippen molar-refractivity contribution in [2.24, 2.45) is 11.3 Å². The quantitative estimate of drug-likeness (QED) is 0.532. The van der Waals surface area contributed by atoms with E-state index in [1.54, 1.807) is 6.08 Å². The molecule has 0 saturated carbocycles. The molecule has 0 bridgehead atoms. The fourth-order valence-electron chi connectivity index (χ4n) is 2.85. The molecular weight excluding hydrogens is 256 g/mol. The molecule has 1 rings (SSSR count). The Kier molecular flexibility index (Phi) is 6.91. The summed E-state index contributed by atoms with van der Waals surface area (Å²) in [7, 11) is 0. The molecule has 0 aromatic heterocycles. The molecule has 1 N–H and O–H groups in total. The van der Waals surface area contributed by atoms with Gasteiger partial charge in [-0.25, -0.2) is 0 Å². The number of aliphatic hydroxyl groups excluding tert-OH is 1. The van der Waals surface area contributed by atoms with Crippen molar-refractivity contribution in [1.82, 2.24) is 0 Å². The Balaban J connectivity index is 2.73. The first-order valence-electron chi connectivity index (χ1n) is 7.84. The number of rotatable bonds is 5. The van der Waals surface area contributed by atoms with Gasteiger partial charge in [0.2, 0.25) is 0 Å². The predicted molar refractivity (Wildman–Crippen MR) is 93.1 cm³/mol. The number of hydrogen-bond donors (Lipinski definition) is 1. The van der Waals surface area contributed by atoms with Gasteiger partial charge in [-0.1, -0.05) is 73.1 Å². The van der Waals surface area contributed by atoms with Crippen LogP contribution in [0.4, 0.5) is 0 Å². The highest BCUT2D eigenvalue weighted by Gasteiger charge is 2.30. The average Bonchev–Trinajstić information content (AvgIpc) is 2.37. The number of allylic oxidation sites excluding steroid dienone is 9. The van der Waals surface area contributed by atoms with Gasteiger partial charge in [0.25, 0.3) is 0 Å². The molecule has 0 radical (unpaired) electrons. The molecule has 1 aliphatic carbocycles. The van der Waals surface area contributed by atoms with Crippen LogP contribution in [0.5, 0.6) is 0 Å². The van der Waals surface area contributed by atoms with E-state index in [-0.39, 0.29) is 6.61 Å². The van der Waals surface area contributed by atoms with E-state index >= 15 is 0 Å². The monoisotopic (exact) mass is 286 g/mol. The fraction of sp³-hybridized carbons (Fsp3) is 0.500. The maximum absolute atomic E-state index is 8.81. The topological polar surface area (TPSA) is 20.2 Å². The molecule has 0 heterocycles. The zero-order valence-electron chi connectivity index (χ0n) is 14.2. The van der Waals surface area contributed by atoms with Gasteiger partial charge in [0, 0.05) is 5.92 Å². The lowest BCUT2D eigenvalue weighted by molar-refractivity contribution is 0.255. The summed E-state index contributed by atoms with van der Waals surface area (Å²) in [6.45, 7) is 11.2. The Morgan fingerprint density at radius 3 is 2.62 bits per heavy atom. The average molecular weight is 286 g/mol. The number of aliphatic hydroxyl groups is 1. The summed E-state index contributed by atoms with van der Waals surface area (Å²) in [5.41, 5.74) is 4.17. The summed E-state index contributed by atoms with van der Waals surface area (Å²) in [6.07, 6.45) is 17.4. The van der Waals surface area contributed by atoms with Gasteiger partial charge in [0.1, 0.15) is 0 Å². The third-order valence-corrected chi connectivity index (χ3v) is 4.27. The minimum Gasteiger partial charge on any atom is -0.392 e. The molecule has 0 aromatic rings. The van der Waals surface area contributed by atoms with Crippen molar-refractivity contribution >= 4 is 0 Å². The highest BCUT2D eigenvalue weighted by atomic mass is 16.2. The Morgan fingerprint density at radius 2 is 2.00 bits per heavy atom. The standard InChI is InChI=1S/C20H30O/c1-16(8-6-9-17(2)13-15-21)11-12-19-18(3)10-7-14-20(19,4)5/h6,8-13,19,21H,7,14-15H2,1-5H3/b9-6-,12-11?,16-8+,17-13-. The highest BCUT2D eigenvalue weighted by Crippen LogP contribution is 2.41. The van der Waals surface area contributed by atoms with Crippen LogP contribution < -0.4 is 0 Å². The lowest BCUT2D eigenvalue weighted by atomic mass is 9.68. The largest absolute Gasteiger partial charge is 0.392 e. The number of hydrogen-bond acceptors (Lipinski definition) is 1. The van der Waals surface area contributed by atoms with Crippen molar-refractivity contribution in [3.05, 3.63) is 59.3 Å². The molecule has 0 spiro atoms. The normalized spacial score (nSPS) is 23.9. The molecule has 0 aliphatic heterocycles. The Hall–Kier alpha value is -1.34. The van der Waals surface area contributed by atoms with Gasteiger partial charge in [0.05, 0.1) is 6.61 Å². The summed E-state index contributed by atoms with van der Waals surface area (Å²) in [5.74, 6) is 0.537. The minimum atomic E-state index is 0.0984. The molecule has 1 atom stereocenters. The Morgan fingerprint density at radius 1 is 1.29 bits per heavy atom. The predicted octanol–water partition coefficient (Wildman–Crippen LogP) is 5.37. The van der Waals surface area contributed by atoms with Crippen LogP contribution in [0.15, 0.2) is 59.3 Å². The summed E-state index contributed by atoms with van der Waals surface area (Å²) < 4.78 is 0. The van der Waals surface area contributed by atoms with Gasteiger partial charge in [-0.05, 0) is 39.0 Å². The van der Waals surface area contributed by atoms with E-state index in [4.69, 9.17) is 5.11 Å². The molecular formula is C20H30O. The Labute approximate surface area is 130 Å². The summed E-state index contributed by atoms with van der Waals surface area (Å²) in [5, 5.41) is 8.81. The smallest absolute Gasteiger partial charge is 0.0617 e. The van der Waals surface area contributed by atoms with Crippen molar-refractivity contribution in [1.29, 1.82) is 0 Å². The third kappa shape index (κ3) is 5.89. The van der Waals surface area contributed by atoms with Crippen molar-refractivity contribution in [2.75, 3.05) is 6.61 Å². The molecule has 0 amide bonds. The van der Waals surface area contributed by atoms with Crippen LogP contribution in [0.2, 0.25) is 0 Å². The fourth-order valence-corrected chi connectivity index (χ4v) is 2.85. The van der Waals surface area contributed by atoms with Crippen LogP contribution in [0.25, 0.3) is 0 Å². The second-order valence-electron chi connectivity index (χ2n) is 6.71. The van der Waals surface area contributed by atoms with E-state index in [0.717, 1.165) is 5.57 Å². The first-order chi connectivity index (χ1) is 9.86. The SMILES string of the molecule is CC1=CCCC(C)(C)C1C=C/C(C)=C/C=C\C(C)=C/CO. The zero-order valence-corrected chi connectivity index (χ0v) is 14.2. The molecule has 1 heteroatoms. The molecule has 0 saturated heterocycles. The zero-order chi connectivity index (χ0) is 15.9. The van der Waals surface area contributed by atoms with E-state index in [9.17, 15) is 0 Å². The van der Waals surface area contributed by atoms with Gasteiger partial charge >= 0.3 is 0 Å². The van der Waals surface area contributed by atoms with Gasteiger partial charge in [-0.15, -0.1) is 0 Å². The van der Waals surface area contributed by atoms with E-state index < -0.39 is 0 Å². The summed E-state index contributed by atoms with van der Waals surface area (Å²) >= 11 is 0. The molecule has 0 aromatic carbocycles. The van der Waals surface area contributed by atoms with Gasteiger partial charge in [-0.3, -0.25) is 0 Å². The summed E-state index contributed by atoms with van der Waals surface area (Å²) in [4.78, 5) is 0. The lowest BCUT2D eigenvalue weighted by Gasteiger charge is -2.36. The van der Waals surface area contributed by atoms with Gasteiger partial charge in [0.15, 0.2) is 0 Å². The second kappa shape index (κ2) is 8.19. The van der Waals surface area contributed by atoms with Crippen LogP contribution in [-0.4, -0.2) is 11.7 Å². The minimum absolute atomic E-state index is 0.0984. The van der Waals surface area contributed by atoms with Crippen molar-refractivity contribution in [3.63, 3.8) is 0 Å². The Bertz CT molecular complexity index is 484. The van der Waals surface area contributed by atoms with E-state index in [2.05, 4.69) is 52.0 Å². The first-order valence-corrected chi connectivity index (χ1v) is 7.84. The molecule has 1 nitrogen and oxygen atoms in total. The molecule has 21 heavy (non-hydrogen) atoms. The van der Waals surface area contributed by atoms with Crippen molar-refractivity contribution in [3.8, 4) is 0 Å². The van der Waals surface area contributed by atoms with E-state index in [1.165, 1.54) is 24.0 Å². The second-order valence-corrected chi connectivity index (χ2v) is 6.71. The molecule has 116 valence electrons. The molecule has 1 unspecified atom stereocenters. The van der Waals surface area contributed by atoms with Gasteiger partial charge in [-0.2, -0.15) is 0 Å². The van der Waals surface area contributed by atoms with E-state index in [0.29, 0.717) is 11.3 Å². The maximum Gasteiger partial charge on any atom is 0.0617 e. The molecule has 1 aliphatic rings. The van der Waals surface area contributed by atoms with Crippen molar-refractivity contribution < 1.29 is 5.11 Å². The van der Waals surface area contributed by atoms with Crippen molar-refractivity contribution in [2.45, 2.75) is 47.5 Å². The third-order valence-electron chi connectivity index (χ3n) is 4.27.